The van der Waals surface area contributed by atoms with Crippen LogP contribution in [0.2, 0.25) is 5.02 Å². The van der Waals surface area contributed by atoms with E-state index in [1.165, 1.54) is 17.4 Å². The summed E-state index contributed by atoms with van der Waals surface area (Å²) in [7, 11) is 0. The maximum Gasteiger partial charge on any atom is 0.244 e. The van der Waals surface area contributed by atoms with Gasteiger partial charge < -0.3 is 5.32 Å². The van der Waals surface area contributed by atoms with Gasteiger partial charge in [0.1, 0.15) is 0 Å². The maximum atomic E-state index is 12.4. The molecule has 0 saturated heterocycles. The Balaban J connectivity index is 1.57. The van der Waals surface area contributed by atoms with Crippen LogP contribution in [-0.4, -0.2) is 11.7 Å². The van der Waals surface area contributed by atoms with Crippen molar-refractivity contribution in [2.24, 2.45) is 0 Å². The smallest absolute Gasteiger partial charge is 0.244 e. The Bertz CT molecular complexity index is 947. The fourth-order valence-corrected chi connectivity index (χ4v) is 3.44. The number of nitrogens with one attached hydrogen (secondary N) is 1. The van der Waals surface area contributed by atoms with Gasteiger partial charge in [-0.3, -0.25) is 9.59 Å². The number of hydrogen-bond donors (Lipinski definition) is 1. The summed E-state index contributed by atoms with van der Waals surface area (Å²) >= 11 is 7.44. The Morgan fingerprint density at radius 2 is 1.69 bits per heavy atom. The van der Waals surface area contributed by atoms with Crippen LogP contribution in [-0.2, 0) is 11.3 Å². The van der Waals surface area contributed by atoms with E-state index in [9.17, 15) is 9.59 Å². The standard InChI is InChI=1S/C21H16ClNO2S/c22-18-9-5-4-6-15(18)10-13-20(24)23-14-17-11-12-19(26-17)21(25)16-7-2-1-3-8-16/h1-13H,14H2,(H,23,24)/b13-10+. The van der Waals surface area contributed by atoms with Gasteiger partial charge in [0.25, 0.3) is 0 Å². The molecule has 0 fully saturated rings. The topological polar surface area (TPSA) is 46.2 Å². The molecule has 0 spiro atoms. The lowest BCUT2D eigenvalue weighted by molar-refractivity contribution is -0.116. The van der Waals surface area contributed by atoms with E-state index in [2.05, 4.69) is 5.32 Å². The molecule has 3 aromatic rings. The van der Waals surface area contributed by atoms with Crippen molar-refractivity contribution in [3.63, 3.8) is 0 Å². The largest absolute Gasteiger partial charge is 0.348 e. The van der Waals surface area contributed by atoms with Crippen molar-refractivity contribution >= 4 is 40.7 Å². The lowest BCUT2D eigenvalue weighted by Gasteiger charge is -2.00. The van der Waals surface area contributed by atoms with E-state index < -0.39 is 0 Å². The first-order chi connectivity index (χ1) is 12.6. The van der Waals surface area contributed by atoms with Gasteiger partial charge in [-0.15, -0.1) is 11.3 Å². The zero-order valence-electron chi connectivity index (χ0n) is 13.8. The van der Waals surface area contributed by atoms with E-state index >= 15 is 0 Å². The van der Waals surface area contributed by atoms with Crippen LogP contribution >= 0.6 is 22.9 Å². The van der Waals surface area contributed by atoms with Crippen molar-refractivity contribution < 1.29 is 9.59 Å². The quantitative estimate of drug-likeness (QED) is 0.484. The maximum absolute atomic E-state index is 12.4. The Kier molecular flexibility index (Phi) is 6.00. The number of rotatable bonds is 6. The van der Waals surface area contributed by atoms with E-state index in [-0.39, 0.29) is 11.7 Å². The summed E-state index contributed by atoms with van der Waals surface area (Å²) in [5.74, 6) is -0.221. The van der Waals surface area contributed by atoms with Crippen molar-refractivity contribution in [1.29, 1.82) is 0 Å². The van der Waals surface area contributed by atoms with Crippen LogP contribution in [0, 0.1) is 0 Å². The highest BCUT2D eigenvalue weighted by molar-refractivity contribution is 7.14. The number of hydrogen-bond acceptors (Lipinski definition) is 3. The summed E-state index contributed by atoms with van der Waals surface area (Å²) in [6.07, 6.45) is 3.13. The molecule has 1 N–H and O–H groups in total. The second-order valence-electron chi connectivity index (χ2n) is 5.53. The van der Waals surface area contributed by atoms with E-state index in [0.29, 0.717) is 22.0 Å². The first kappa shape index (κ1) is 18.1. The molecule has 0 bridgehead atoms. The van der Waals surface area contributed by atoms with E-state index in [1.54, 1.807) is 30.3 Å². The zero-order chi connectivity index (χ0) is 18.4. The first-order valence-corrected chi connectivity index (χ1v) is 9.22. The monoisotopic (exact) mass is 381 g/mol. The number of carbonyl (C=O) groups is 2. The summed E-state index contributed by atoms with van der Waals surface area (Å²) in [6, 6.07) is 20.1. The average Bonchev–Trinajstić information content (AvgIpc) is 3.15. The van der Waals surface area contributed by atoms with Crippen molar-refractivity contribution in [1.82, 2.24) is 5.32 Å². The second kappa shape index (κ2) is 8.61. The van der Waals surface area contributed by atoms with Crippen LogP contribution in [0.3, 0.4) is 0 Å². The third-order valence-electron chi connectivity index (χ3n) is 3.68. The minimum absolute atomic E-state index is 0.00760. The highest BCUT2D eigenvalue weighted by atomic mass is 35.5. The Morgan fingerprint density at radius 3 is 2.46 bits per heavy atom. The average molecular weight is 382 g/mol. The Labute approximate surface area is 160 Å². The van der Waals surface area contributed by atoms with Crippen LogP contribution in [0.1, 0.15) is 25.7 Å². The van der Waals surface area contributed by atoms with Crippen LogP contribution in [0.4, 0.5) is 0 Å². The normalized spacial score (nSPS) is 10.8. The molecule has 0 unspecified atom stereocenters. The molecule has 26 heavy (non-hydrogen) atoms. The lowest BCUT2D eigenvalue weighted by atomic mass is 10.1. The van der Waals surface area contributed by atoms with Gasteiger partial charge in [-0.25, -0.2) is 0 Å². The number of halogens is 1. The molecule has 0 aliphatic heterocycles. The van der Waals surface area contributed by atoms with Gasteiger partial charge >= 0.3 is 0 Å². The van der Waals surface area contributed by atoms with Crippen molar-refractivity contribution in [3.8, 4) is 0 Å². The molecule has 0 atom stereocenters. The first-order valence-electron chi connectivity index (χ1n) is 8.02. The molecule has 1 heterocycles. The fourth-order valence-electron chi connectivity index (χ4n) is 2.34. The molecule has 130 valence electrons. The Hall–Kier alpha value is -2.69. The molecular formula is C21H16ClNO2S. The highest BCUT2D eigenvalue weighted by Gasteiger charge is 2.11. The molecule has 0 aliphatic carbocycles. The summed E-state index contributed by atoms with van der Waals surface area (Å²) in [5.41, 5.74) is 1.45. The van der Waals surface area contributed by atoms with Crippen molar-refractivity contribution in [2.75, 3.05) is 0 Å². The zero-order valence-corrected chi connectivity index (χ0v) is 15.4. The fraction of sp³-hybridized carbons (Fsp3) is 0.0476. The molecule has 3 rings (SSSR count). The number of amides is 1. The minimum atomic E-state index is -0.214. The van der Waals surface area contributed by atoms with E-state index in [4.69, 9.17) is 11.6 Å². The third-order valence-corrected chi connectivity index (χ3v) is 5.11. The Morgan fingerprint density at radius 1 is 0.962 bits per heavy atom. The molecule has 1 aromatic heterocycles. The summed E-state index contributed by atoms with van der Waals surface area (Å²) in [6.45, 7) is 0.373. The van der Waals surface area contributed by atoms with Gasteiger partial charge in [0.2, 0.25) is 11.7 Å². The van der Waals surface area contributed by atoms with Gasteiger partial charge in [-0.2, -0.15) is 0 Å². The van der Waals surface area contributed by atoms with Gasteiger partial charge in [-0.1, -0.05) is 60.1 Å². The minimum Gasteiger partial charge on any atom is -0.348 e. The molecule has 2 aromatic carbocycles. The molecule has 5 heteroatoms. The highest BCUT2D eigenvalue weighted by Crippen LogP contribution is 2.20. The molecule has 0 radical (unpaired) electrons. The van der Waals surface area contributed by atoms with E-state index in [0.717, 1.165) is 10.4 Å². The van der Waals surface area contributed by atoms with Crippen LogP contribution in [0.5, 0.6) is 0 Å². The number of thiophene rings is 1. The summed E-state index contributed by atoms with van der Waals surface area (Å²) in [5, 5.41) is 3.41. The van der Waals surface area contributed by atoms with Gasteiger partial charge in [-0.05, 0) is 29.8 Å². The van der Waals surface area contributed by atoms with Gasteiger partial charge in [0, 0.05) is 21.5 Å². The summed E-state index contributed by atoms with van der Waals surface area (Å²) in [4.78, 5) is 25.9. The van der Waals surface area contributed by atoms with Crippen LogP contribution < -0.4 is 5.32 Å². The van der Waals surface area contributed by atoms with Crippen molar-refractivity contribution in [3.05, 3.63) is 98.7 Å². The molecular weight excluding hydrogens is 366 g/mol. The predicted octanol–water partition coefficient (Wildman–Crippen LogP) is 4.96. The molecule has 3 nitrogen and oxygen atoms in total. The van der Waals surface area contributed by atoms with Crippen molar-refractivity contribution in [2.45, 2.75) is 6.54 Å². The molecule has 0 aliphatic rings. The third kappa shape index (κ3) is 4.69. The van der Waals surface area contributed by atoms with Gasteiger partial charge in [0.15, 0.2) is 0 Å². The second-order valence-corrected chi connectivity index (χ2v) is 7.11. The molecule has 1 amide bonds. The number of ketones is 1. The van der Waals surface area contributed by atoms with E-state index in [1.807, 2.05) is 42.5 Å². The number of carbonyl (C=O) groups excluding carboxylic acids is 2. The number of benzene rings is 2. The molecule has 0 saturated carbocycles. The van der Waals surface area contributed by atoms with Gasteiger partial charge in [0.05, 0.1) is 11.4 Å². The lowest BCUT2D eigenvalue weighted by Crippen LogP contribution is -2.19. The SMILES string of the molecule is O=C(/C=C/c1ccccc1Cl)NCc1ccc(C(=O)c2ccccc2)s1. The van der Waals surface area contributed by atoms with Crippen LogP contribution in [0.25, 0.3) is 6.08 Å². The van der Waals surface area contributed by atoms with Crippen LogP contribution in [0.15, 0.2) is 72.8 Å². The predicted molar refractivity (Wildman–Crippen MR) is 107 cm³/mol. The summed E-state index contributed by atoms with van der Waals surface area (Å²) < 4.78 is 0.